The smallest absolute Gasteiger partial charge is 0.410 e. The van der Waals surface area contributed by atoms with E-state index in [4.69, 9.17) is 9.84 Å². The summed E-state index contributed by atoms with van der Waals surface area (Å²) in [5.41, 5.74) is -0.658. The minimum absolute atomic E-state index is 0.164. The number of likely N-dealkylation sites (tertiary alicyclic amines) is 1. The lowest BCUT2D eigenvalue weighted by atomic mass is 9.56. The van der Waals surface area contributed by atoms with Crippen LogP contribution in [0.25, 0.3) is 0 Å². The lowest BCUT2D eigenvalue weighted by Gasteiger charge is -2.58. The van der Waals surface area contributed by atoms with Crippen molar-refractivity contribution < 1.29 is 19.4 Å². The number of hydrogen-bond acceptors (Lipinski definition) is 3. The number of aliphatic carboxylic acids is 1. The SMILES string of the molecule is CC(C)(C)OC(=O)N1CC2(CC[C@@H]2C(=O)O)C1. The third kappa shape index (κ3) is 2.10. The highest BCUT2D eigenvalue weighted by Crippen LogP contribution is 2.53. The Labute approximate surface area is 101 Å². The number of ether oxygens (including phenoxy) is 1. The van der Waals surface area contributed by atoms with Gasteiger partial charge in [0.25, 0.3) is 0 Å². The van der Waals surface area contributed by atoms with Crippen LogP contribution in [0, 0.1) is 11.3 Å². The van der Waals surface area contributed by atoms with Crippen LogP contribution in [0.3, 0.4) is 0 Å². The van der Waals surface area contributed by atoms with E-state index in [0.717, 1.165) is 12.8 Å². The molecule has 0 aromatic heterocycles. The summed E-state index contributed by atoms with van der Waals surface area (Å²) in [4.78, 5) is 24.3. The van der Waals surface area contributed by atoms with Crippen LogP contribution >= 0.6 is 0 Å². The van der Waals surface area contributed by atoms with Gasteiger partial charge in [-0.15, -0.1) is 0 Å². The van der Waals surface area contributed by atoms with E-state index >= 15 is 0 Å². The molecule has 0 aromatic carbocycles. The maximum atomic E-state index is 11.7. The molecule has 2 rings (SSSR count). The molecule has 1 saturated carbocycles. The second-order valence-corrected chi connectivity index (χ2v) is 6.13. The monoisotopic (exact) mass is 241 g/mol. The summed E-state index contributed by atoms with van der Waals surface area (Å²) in [5, 5.41) is 9.01. The minimum Gasteiger partial charge on any atom is -0.481 e. The topological polar surface area (TPSA) is 66.8 Å². The highest BCUT2D eigenvalue weighted by atomic mass is 16.6. The fraction of sp³-hybridized carbons (Fsp3) is 0.833. The molecule has 1 saturated heterocycles. The number of carbonyl (C=O) groups is 2. The summed E-state index contributed by atoms with van der Waals surface area (Å²) in [6.07, 6.45) is 1.31. The van der Waals surface area contributed by atoms with E-state index in [0.29, 0.717) is 13.1 Å². The summed E-state index contributed by atoms with van der Waals surface area (Å²) >= 11 is 0. The zero-order chi connectivity index (χ0) is 12.8. The molecule has 96 valence electrons. The maximum Gasteiger partial charge on any atom is 0.410 e. The Bertz CT molecular complexity index is 352. The molecule has 1 amide bonds. The fourth-order valence-electron chi connectivity index (χ4n) is 2.63. The Balaban J connectivity index is 1.87. The van der Waals surface area contributed by atoms with Gasteiger partial charge in [-0.3, -0.25) is 4.79 Å². The summed E-state index contributed by atoms with van der Waals surface area (Å²) in [6, 6.07) is 0. The lowest BCUT2D eigenvalue weighted by molar-refractivity contribution is -0.169. The van der Waals surface area contributed by atoms with Crippen LogP contribution < -0.4 is 0 Å². The normalized spacial score (nSPS) is 26.1. The standard InChI is InChI=1S/C12H19NO4/c1-11(2,3)17-10(16)13-6-12(7-13)5-4-8(12)9(14)15/h8H,4-7H2,1-3H3,(H,14,15)/t8-/m1/s1. The van der Waals surface area contributed by atoms with Crippen LogP contribution in [0.15, 0.2) is 0 Å². The van der Waals surface area contributed by atoms with Gasteiger partial charge in [-0.1, -0.05) is 0 Å². The Morgan fingerprint density at radius 2 is 1.94 bits per heavy atom. The Morgan fingerprint density at radius 1 is 1.35 bits per heavy atom. The Morgan fingerprint density at radius 3 is 2.29 bits per heavy atom. The first kappa shape index (κ1) is 12.2. The van der Waals surface area contributed by atoms with Crippen molar-refractivity contribution in [2.75, 3.05) is 13.1 Å². The molecule has 0 bridgehead atoms. The molecule has 17 heavy (non-hydrogen) atoms. The largest absolute Gasteiger partial charge is 0.481 e. The lowest BCUT2D eigenvalue weighted by Crippen LogP contribution is -2.67. The number of nitrogens with zero attached hydrogens (tertiary/aromatic N) is 1. The van der Waals surface area contributed by atoms with Gasteiger partial charge in [0.1, 0.15) is 5.60 Å². The molecular formula is C12H19NO4. The summed E-state index contributed by atoms with van der Waals surface area (Å²) in [6.45, 7) is 6.52. The summed E-state index contributed by atoms with van der Waals surface area (Å²) < 4.78 is 5.24. The predicted octanol–water partition coefficient (Wildman–Crippen LogP) is 1.72. The van der Waals surface area contributed by atoms with E-state index < -0.39 is 11.6 Å². The van der Waals surface area contributed by atoms with Gasteiger partial charge in [0.15, 0.2) is 0 Å². The predicted molar refractivity (Wildman–Crippen MR) is 60.6 cm³/mol. The number of rotatable bonds is 1. The van der Waals surface area contributed by atoms with Gasteiger partial charge in [0, 0.05) is 18.5 Å². The van der Waals surface area contributed by atoms with Crippen molar-refractivity contribution in [1.29, 1.82) is 0 Å². The van der Waals surface area contributed by atoms with Crippen LogP contribution in [0.2, 0.25) is 0 Å². The van der Waals surface area contributed by atoms with Crippen molar-refractivity contribution in [2.45, 2.75) is 39.2 Å². The molecule has 0 radical (unpaired) electrons. The number of amides is 1. The molecular weight excluding hydrogens is 222 g/mol. The molecule has 1 aliphatic heterocycles. The van der Waals surface area contributed by atoms with Crippen LogP contribution in [0.5, 0.6) is 0 Å². The number of carboxylic acid groups (broad SMARTS) is 1. The number of carbonyl (C=O) groups excluding carboxylic acids is 1. The second kappa shape index (κ2) is 3.62. The third-order valence-corrected chi connectivity index (χ3v) is 3.63. The van der Waals surface area contributed by atoms with Crippen molar-refractivity contribution in [2.24, 2.45) is 11.3 Å². The van der Waals surface area contributed by atoms with Gasteiger partial charge in [-0.25, -0.2) is 4.79 Å². The van der Waals surface area contributed by atoms with Crippen LogP contribution in [-0.2, 0) is 9.53 Å². The quantitative estimate of drug-likeness (QED) is 0.759. The van der Waals surface area contributed by atoms with Gasteiger partial charge in [-0.2, -0.15) is 0 Å². The summed E-state index contributed by atoms with van der Waals surface area (Å²) in [5.74, 6) is -1.01. The average molecular weight is 241 g/mol. The molecule has 1 N–H and O–H groups in total. The summed E-state index contributed by atoms with van der Waals surface area (Å²) in [7, 11) is 0. The molecule has 2 fully saturated rings. The van der Waals surface area contributed by atoms with Gasteiger partial charge in [0.2, 0.25) is 0 Å². The first-order valence-corrected chi connectivity index (χ1v) is 5.94. The minimum atomic E-state index is -0.736. The molecule has 5 nitrogen and oxygen atoms in total. The fourth-order valence-corrected chi connectivity index (χ4v) is 2.63. The van der Waals surface area contributed by atoms with E-state index in [1.807, 2.05) is 20.8 Å². The Kier molecular flexibility index (Phi) is 2.60. The van der Waals surface area contributed by atoms with E-state index in [1.165, 1.54) is 0 Å². The first-order chi connectivity index (χ1) is 7.73. The van der Waals surface area contributed by atoms with Gasteiger partial charge >= 0.3 is 12.1 Å². The highest BCUT2D eigenvalue weighted by molar-refractivity contribution is 5.75. The van der Waals surface area contributed by atoms with Gasteiger partial charge < -0.3 is 14.7 Å². The van der Waals surface area contributed by atoms with Crippen molar-refractivity contribution in [3.05, 3.63) is 0 Å². The molecule has 5 heteroatoms. The van der Waals surface area contributed by atoms with Crippen LogP contribution in [0.1, 0.15) is 33.6 Å². The maximum absolute atomic E-state index is 11.7. The van der Waals surface area contributed by atoms with E-state index in [-0.39, 0.29) is 17.4 Å². The zero-order valence-electron chi connectivity index (χ0n) is 10.5. The molecule has 2 aliphatic rings. The zero-order valence-corrected chi connectivity index (χ0v) is 10.5. The highest BCUT2D eigenvalue weighted by Gasteiger charge is 2.59. The molecule has 1 heterocycles. The third-order valence-electron chi connectivity index (χ3n) is 3.63. The average Bonchev–Trinajstić information content (AvgIpc) is 1.93. The first-order valence-electron chi connectivity index (χ1n) is 5.94. The van der Waals surface area contributed by atoms with Crippen molar-refractivity contribution in [1.82, 2.24) is 4.90 Å². The molecule has 1 atom stereocenters. The Hall–Kier alpha value is -1.26. The van der Waals surface area contributed by atoms with Crippen molar-refractivity contribution in [3.8, 4) is 0 Å². The van der Waals surface area contributed by atoms with E-state index in [1.54, 1.807) is 4.90 Å². The van der Waals surface area contributed by atoms with E-state index in [9.17, 15) is 9.59 Å². The molecule has 0 aromatic rings. The molecule has 1 aliphatic carbocycles. The second-order valence-electron chi connectivity index (χ2n) is 6.13. The number of carboxylic acids is 1. The van der Waals surface area contributed by atoms with E-state index in [2.05, 4.69) is 0 Å². The van der Waals surface area contributed by atoms with Gasteiger partial charge in [-0.05, 0) is 33.6 Å². The van der Waals surface area contributed by atoms with Crippen molar-refractivity contribution in [3.63, 3.8) is 0 Å². The van der Waals surface area contributed by atoms with Gasteiger partial charge in [0.05, 0.1) is 5.92 Å². The van der Waals surface area contributed by atoms with Crippen LogP contribution in [-0.4, -0.2) is 40.8 Å². The number of hydrogen-bond donors (Lipinski definition) is 1. The molecule has 0 unspecified atom stereocenters. The van der Waals surface area contributed by atoms with Crippen molar-refractivity contribution >= 4 is 12.1 Å². The molecule has 1 spiro atoms. The van der Waals surface area contributed by atoms with Crippen LogP contribution in [0.4, 0.5) is 4.79 Å².